The van der Waals surface area contributed by atoms with Crippen molar-refractivity contribution in [2.75, 3.05) is 18.8 Å². The Hall–Kier alpha value is -2.49. The number of carboxylic acid groups (broad SMARTS) is 1. The lowest BCUT2D eigenvalue weighted by molar-refractivity contribution is 0.0101. The van der Waals surface area contributed by atoms with E-state index in [1.807, 2.05) is 0 Å². The molecule has 168 valence electrons. The van der Waals surface area contributed by atoms with Crippen molar-refractivity contribution in [1.29, 1.82) is 0 Å². The highest BCUT2D eigenvalue weighted by Gasteiger charge is 2.31. The van der Waals surface area contributed by atoms with Crippen molar-refractivity contribution in [2.45, 2.75) is 45.4 Å². The molecule has 0 aliphatic carbocycles. The topological polar surface area (TPSA) is 109 Å². The zero-order chi connectivity index (χ0) is 22.4. The third kappa shape index (κ3) is 6.75. The smallest absolute Gasteiger partial charge is 0.405 e. The normalized spacial score (nSPS) is 16.7. The molecule has 0 saturated carbocycles. The summed E-state index contributed by atoms with van der Waals surface area (Å²) >= 11 is 0. The van der Waals surface area contributed by atoms with E-state index in [0.29, 0.717) is 38.1 Å². The van der Waals surface area contributed by atoms with Gasteiger partial charge >= 0.3 is 6.09 Å². The Morgan fingerprint density at radius 3 is 2.52 bits per heavy atom. The van der Waals surface area contributed by atoms with Crippen molar-refractivity contribution in [3.8, 4) is 0 Å². The van der Waals surface area contributed by atoms with E-state index in [4.69, 9.17) is 9.84 Å². The van der Waals surface area contributed by atoms with Gasteiger partial charge in [-0.3, -0.25) is 4.98 Å². The molecule has 2 heterocycles. The Labute approximate surface area is 183 Å². The number of nitrogens with one attached hydrogen (secondary N) is 1. The number of rotatable bonds is 8. The number of piperidine rings is 1. The molecule has 1 aromatic heterocycles. The maximum atomic E-state index is 12.9. The van der Waals surface area contributed by atoms with Gasteiger partial charge in [0.05, 0.1) is 24.5 Å². The number of carbonyl (C=O) groups is 1. The minimum Gasteiger partial charge on any atom is -0.465 e. The van der Waals surface area contributed by atoms with Crippen molar-refractivity contribution in [2.24, 2.45) is 0 Å². The summed E-state index contributed by atoms with van der Waals surface area (Å²) in [6.45, 7) is 5.32. The molecule has 1 fully saturated rings. The highest BCUT2D eigenvalue weighted by atomic mass is 32.2. The molecule has 1 atom stereocenters. The molecule has 9 heteroatoms. The molecular weight excluding hydrogens is 418 g/mol. The van der Waals surface area contributed by atoms with Crippen LogP contribution in [-0.4, -0.2) is 53.9 Å². The lowest BCUT2D eigenvalue weighted by atomic mass is 10.1. The second kappa shape index (κ2) is 10.2. The maximum Gasteiger partial charge on any atom is 0.405 e. The summed E-state index contributed by atoms with van der Waals surface area (Å²) in [5.74, 6) is -0.348. The lowest BCUT2D eigenvalue weighted by Gasteiger charge is -2.32. The van der Waals surface area contributed by atoms with Crippen molar-refractivity contribution in [1.82, 2.24) is 14.6 Å². The molecular formula is C22H29N3O5S. The van der Waals surface area contributed by atoms with Gasteiger partial charge in [0.1, 0.15) is 0 Å². The van der Waals surface area contributed by atoms with Crippen molar-refractivity contribution < 1.29 is 23.1 Å². The third-order valence-electron chi connectivity index (χ3n) is 5.32. The van der Waals surface area contributed by atoms with E-state index >= 15 is 0 Å². The highest BCUT2D eigenvalue weighted by molar-refractivity contribution is 7.89. The Kier molecular flexibility index (Phi) is 7.64. The van der Waals surface area contributed by atoms with Gasteiger partial charge in [-0.2, -0.15) is 0 Å². The molecule has 1 unspecified atom stereocenters. The van der Waals surface area contributed by atoms with E-state index in [2.05, 4.69) is 42.3 Å². The van der Waals surface area contributed by atoms with E-state index in [1.54, 1.807) is 18.3 Å². The second-order valence-corrected chi connectivity index (χ2v) is 9.99. The first kappa shape index (κ1) is 23.2. The number of aromatic nitrogens is 1. The summed E-state index contributed by atoms with van der Waals surface area (Å²) in [6.07, 6.45) is 2.96. The molecule has 2 N–H and O–H groups in total. The van der Waals surface area contributed by atoms with Crippen LogP contribution < -0.4 is 5.32 Å². The fourth-order valence-corrected chi connectivity index (χ4v) is 5.59. The minimum atomic E-state index is -3.65. The SMILES string of the molecule is Cc1cc(C)cc(COC2CCN(S(=O)(=O)CC(NC(=O)O)c3cccnc3)CC2)c1. The monoisotopic (exact) mass is 447 g/mol. The van der Waals surface area contributed by atoms with Crippen LogP contribution in [0.3, 0.4) is 0 Å². The fourth-order valence-electron chi connectivity index (χ4n) is 3.91. The van der Waals surface area contributed by atoms with Crippen molar-refractivity contribution >= 4 is 16.1 Å². The maximum absolute atomic E-state index is 12.9. The molecule has 0 bridgehead atoms. The number of benzene rings is 1. The van der Waals surface area contributed by atoms with Gasteiger partial charge < -0.3 is 15.2 Å². The Morgan fingerprint density at radius 2 is 1.94 bits per heavy atom. The first-order valence-electron chi connectivity index (χ1n) is 10.3. The number of amides is 1. The average molecular weight is 448 g/mol. The third-order valence-corrected chi connectivity index (χ3v) is 7.23. The zero-order valence-corrected chi connectivity index (χ0v) is 18.6. The highest BCUT2D eigenvalue weighted by Crippen LogP contribution is 2.22. The van der Waals surface area contributed by atoms with Crippen LogP contribution in [0, 0.1) is 13.8 Å². The van der Waals surface area contributed by atoms with Gasteiger partial charge in [-0.1, -0.05) is 35.4 Å². The molecule has 0 spiro atoms. The Morgan fingerprint density at radius 1 is 1.26 bits per heavy atom. The first-order chi connectivity index (χ1) is 14.7. The standard InChI is InChI=1S/C22H29N3O5S/c1-16-10-17(2)12-18(11-16)14-30-20-5-8-25(9-6-20)31(28,29)15-21(24-22(26)27)19-4-3-7-23-13-19/h3-4,7,10-13,20-21,24H,5-6,8-9,14-15H2,1-2H3,(H,26,27). The predicted molar refractivity (Wildman–Crippen MR) is 117 cm³/mol. The van der Waals surface area contributed by atoms with Crippen molar-refractivity contribution in [3.63, 3.8) is 0 Å². The summed E-state index contributed by atoms with van der Waals surface area (Å²) in [6, 6.07) is 8.74. The molecule has 31 heavy (non-hydrogen) atoms. The summed E-state index contributed by atoms with van der Waals surface area (Å²) < 4.78 is 33.3. The summed E-state index contributed by atoms with van der Waals surface area (Å²) in [5, 5.41) is 11.4. The molecule has 1 aromatic carbocycles. The largest absolute Gasteiger partial charge is 0.465 e. The minimum absolute atomic E-state index is 0.00136. The van der Waals surface area contributed by atoms with Crippen molar-refractivity contribution in [3.05, 3.63) is 65.0 Å². The molecule has 1 saturated heterocycles. The van der Waals surface area contributed by atoms with Crippen LogP contribution in [0.5, 0.6) is 0 Å². The van der Waals surface area contributed by atoms with Crippen LogP contribution >= 0.6 is 0 Å². The summed E-state index contributed by atoms with van der Waals surface area (Å²) in [7, 11) is -3.65. The number of ether oxygens (including phenoxy) is 1. The molecule has 0 radical (unpaired) electrons. The number of pyridine rings is 1. The number of hydrogen-bond donors (Lipinski definition) is 2. The molecule has 8 nitrogen and oxygen atoms in total. The molecule has 1 aliphatic rings. The number of aryl methyl sites for hydroxylation is 2. The van der Waals surface area contributed by atoms with Gasteiger partial charge in [-0.05, 0) is 43.9 Å². The molecule has 1 amide bonds. The van der Waals surface area contributed by atoms with Gasteiger partial charge in [-0.15, -0.1) is 0 Å². The van der Waals surface area contributed by atoms with Crippen LogP contribution in [0.2, 0.25) is 0 Å². The lowest BCUT2D eigenvalue weighted by Crippen LogP contribution is -2.44. The zero-order valence-electron chi connectivity index (χ0n) is 17.8. The number of hydrogen-bond acceptors (Lipinski definition) is 5. The van der Waals surface area contributed by atoms with Gasteiger partial charge in [0.15, 0.2) is 0 Å². The van der Waals surface area contributed by atoms with Gasteiger partial charge in [-0.25, -0.2) is 17.5 Å². The van der Waals surface area contributed by atoms with Crippen LogP contribution in [-0.2, 0) is 21.4 Å². The van der Waals surface area contributed by atoms with Crippen LogP contribution in [0.25, 0.3) is 0 Å². The Balaban J connectivity index is 1.56. The van der Waals surface area contributed by atoms with Crippen LogP contribution in [0.15, 0.2) is 42.7 Å². The van der Waals surface area contributed by atoms with E-state index < -0.39 is 22.2 Å². The quantitative estimate of drug-likeness (QED) is 0.644. The van der Waals surface area contributed by atoms with E-state index in [0.717, 1.165) is 5.56 Å². The average Bonchev–Trinajstić information content (AvgIpc) is 2.71. The summed E-state index contributed by atoms with van der Waals surface area (Å²) in [5.41, 5.74) is 4.02. The van der Waals surface area contributed by atoms with Gasteiger partial charge in [0.25, 0.3) is 0 Å². The molecule has 2 aromatic rings. The predicted octanol–water partition coefficient (Wildman–Crippen LogP) is 3.02. The van der Waals surface area contributed by atoms with Gasteiger partial charge in [0, 0.05) is 25.5 Å². The molecule has 3 rings (SSSR count). The second-order valence-electron chi connectivity index (χ2n) is 7.97. The van der Waals surface area contributed by atoms with E-state index in [1.165, 1.54) is 21.6 Å². The van der Waals surface area contributed by atoms with E-state index in [-0.39, 0.29) is 11.9 Å². The Bertz CT molecular complexity index is 969. The number of sulfonamides is 1. The first-order valence-corrected chi connectivity index (χ1v) is 11.9. The fraction of sp³-hybridized carbons (Fsp3) is 0.455. The van der Waals surface area contributed by atoms with Crippen LogP contribution in [0.4, 0.5) is 4.79 Å². The van der Waals surface area contributed by atoms with E-state index in [9.17, 15) is 13.2 Å². The van der Waals surface area contributed by atoms with Gasteiger partial charge in [0.2, 0.25) is 10.0 Å². The molecule has 1 aliphatic heterocycles. The number of nitrogens with zero attached hydrogens (tertiary/aromatic N) is 2. The van der Waals surface area contributed by atoms with Crippen LogP contribution in [0.1, 0.15) is 41.1 Å². The summed E-state index contributed by atoms with van der Waals surface area (Å²) in [4.78, 5) is 15.1.